The molecule has 0 spiro atoms. The van der Waals surface area contributed by atoms with Gasteiger partial charge in [-0.15, -0.1) is 0 Å². The molecule has 1 amide bonds. The molecule has 1 aliphatic rings. The molecule has 0 aliphatic carbocycles. The van der Waals surface area contributed by atoms with Crippen LogP contribution in [0.15, 0.2) is 12.3 Å². The van der Waals surface area contributed by atoms with E-state index in [2.05, 4.69) is 0 Å². The van der Waals surface area contributed by atoms with E-state index in [-0.39, 0.29) is 11.7 Å². The summed E-state index contributed by atoms with van der Waals surface area (Å²) in [4.78, 5) is 24.5. The van der Waals surface area contributed by atoms with Crippen LogP contribution in [0.2, 0.25) is 0 Å². The Bertz CT molecular complexity index is 266. The number of amides is 1. The molecule has 3 heteroatoms. The van der Waals surface area contributed by atoms with E-state index in [0.29, 0.717) is 13.0 Å². The highest BCUT2D eigenvalue weighted by Crippen LogP contribution is 2.22. The lowest BCUT2D eigenvalue weighted by atomic mass is 9.84. The molecule has 0 saturated carbocycles. The van der Waals surface area contributed by atoms with E-state index in [1.165, 1.54) is 4.90 Å². The minimum atomic E-state index is -0.527. The molecular formula is C10H15NO2. The van der Waals surface area contributed by atoms with E-state index >= 15 is 0 Å². The van der Waals surface area contributed by atoms with E-state index in [1.807, 2.05) is 13.0 Å². The van der Waals surface area contributed by atoms with Gasteiger partial charge in [0.1, 0.15) is 0 Å². The first kappa shape index (κ1) is 9.96. The maximum Gasteiger partial charge on any atom is 0.294 e. The van der Waals surface area contributed by atoms with Gasteiger partial charge < -0.3 is 4.90 Å². The van der Waals surface area contributed by atoms with Crippen LogP contribution in [0.5, 0.6) is 0 Å². The van der Waals surface area contributed by atoms with Crippen LogP contribution in [0.1, 0.15) is 27.2 Å². The van der Waals surface area contributed by atoms with Crippen LogP contribution in [0.3, 0.4) is 0 Å². The Labute approximate surface area is 78.4 Å². The van der Waals surface area contributed by atoms with Crippen molar-refractivity contribution in [1.29, 1.82) is 0 Å². The molecule has 72 valence electrons. The third-order valence-corrected chi connectivity index (χ3v) is 2.54. The zero-order chi connectivity index (χ0) is 10.1. The minimum absolute atomic E-state index is 0.292. The van der Waals surface area contributed by atoms with Gasteiger partial charge in [-0.3, -0.25) is 9.59 Å². The number of carbonyl (C=O) groups is 2. The molecule has 0 unspecified atom stereocenters. The number of rotatable bonds is 3. The van der Waals surface area contributed by atoms with Crippen LogP contribution in [0.4, 0.5) is 0 Å². The van der Waals surface area contributed by atoms with Gasteiger partial charge in [0, 0.05) is 18.2 Å². The van der Waals surface area contributed by atoms with Crippen molar-refractivity contribution < 1.29 is 9.59 Å². The number of hydrogen-bond donors (Lipinski definition) is 0. The maximum atomic E-state index is 11.6. The molecule has 0 aromatic carbocycles. The van der Waals surface area contributed by atoms with Crippen LogP contribution in [0, 0.1) is 5.41 Å². The van der Waals surface area contributed by atoms with Gasteiger partial charge in [-0.2, -0.15) is 0 Å². The highest BCUT2D eigenvalue weighted by molar-refractivity contribution is 6.38. The molecule has 0 radical (unpaired) electrons. The van der Waals surface area contributed by atoms with E-state index in [9.17, 15) is 9.59 Å². The molecule has 0 fully saturated rings. The molecule has 0 aromatic heterocycles. The van der Waals surface area contributed by atoms with Crippen molar-refractivity contribution >= 4 is 11.7 Å². The van der Waals surface area contributed by atoms with Crippen LogP contribution in [0.25, 0.3) is 0 Å². The molecule has 0 atom stereocenters. The molecule has 0 aromatic rings. The minimum Gasteiger partial charge on any atom is -0.309 e. The number of carbonyl (C=O) groups excluding carboxylic acids is 2. The standard InChI is InChI=1S/C10H15NO2/c1-4-10(2,3)8(12)9(13)11-6-5-7-11/h5-6H,4,7H2,1-3H3. The second-order valence-electron chi connectivity index (χ2n) is 3.91. The SMILES string of the molecule is CCC(C)(C)C(=O)C(=O)N1C=CC1. The first-order chi connectivity index (χ1) is 5.99. The monoisotopic (exact) mass is 181 g/mol. The van der Waals surface area contributed by atoms with Crippen molar-refractivity contribution in [2.24, 2.45) is 5.41 Å². The summed E-state index contributed by atoms with van der Waals surface area (Å²) in [6.45, 7) is 6.09. The molecule has 1 rings (SSSR count). The zero-order valence-corrected chi connectivity index (χ0v) is 8.33. The van der Waals surface area contributed by atoms with Crippen molar-refractivity contribution in [1.82, 2.24) is 4.90 Å². The van der Waals surface area contributed by atoms with Gasteiger partial charge in [-0.05, 0) is 12.5 Å². The van der Waals surface area contributed by atoms with E-state index in [0.717, 1.165) is 0 Å². The molecule has 1 heterocycles. The molecule has 0 saturated heterocycles. The van der Waals surface area contributed by atoms with Gasteiger partial charge in [-0.1, -0.05) is 20.8 Å². The van der Waals surface area contributed by atoms with Crippen molar-refractivity contribution in [3.05, 3.63) is 12.3 Å². The third-order valence-electron chi connectivity index (χ3n) is 2.54. The van der Waals surface area contributed by atoms with Crippen LogP contribution in [-0.2, 0) is 9.59 Å². The predicted octanol–water partition coefficient (Wildman–Crippen LogP) is 1.35. The maximum absolute atomic E-state index is 11.6. The summed E-state index contributed by atoms with van der Waals surface area (Å²) in [7, 11) is 0. The number of ketones is 1. The van der Waals surface area contributed by atoms with Gasteiger partial charge in [0.25, 0.3) is 5.91 Å². The topological polar surface area (TPSA) is 37.4 Å². The van der Waals surface area contributed by atoms with E-state index < -0.39 is 5.41 Å². The lowest BCUT2D eigenvalue weighted by molar-refractivity contribution is -0.147. The molecule has 3 nitrogen and oxygen atoms in total. The number of Topliss-reactive ketones (excluding diaryl/α,β-unsaturated/α-hetero) is 1. The first-order valence-electron chi connectivity index (χ1n) is 4.51. The van der Waals surface area contributed by atoms with Crippen LogP contribution < -0.4 is 0 Å². The average molecular weight is 181 g/mol. The summed E-state index contributed by atoms with van der Waals surface area (Å²) in [6.07, 6.45) is 4.19. The first-order valence-corrected chi connectivity index (χ1v) is 4.51. The summed E-state index contributed by atoms with van der Waals surface area (Å²) < 4.78 is 0. The van der Waals surface area contributed by atoms with Crippen molar-refractivity contribution in [2.75, 3.05) is 6.54 Å². The van der Waals surface area contributed by atoms with Crippen molar-refractivity contribution in [2.45, 2.75) is 27.2 Å². The summed E-state index contributed by atoms with van der Waals surface area (Å²) in [5.74, 6) is -0.672. The highest BCUT2D eigenvalue weighted by Gasteiger charge is 2.34. The Morgan fingerprint density at radius 3 is 2.31 bits per heavy atom. The van der Waals surface area contributed by atoms with E-state index in [1.54, 1.807) is 20.0 Å². The summed E-state index contributed by atoms with van der Waals surface area (Å²) in [6, 6.07) is 0. The quantitative estimate of drug-likeness (QED) is 0.616. The van der Waals surface area contributed by atoms with Crippen molar-refractivity contribution in [3.63, 3.8) is 0 Å². The Morgan fingerprint density at radius 2 is 2.00 bits per heavy atom. The smallest absolute Gasteiger partial charge is 0.294 e. The fourth-order valence-electron chi connectivity index (χ4n) is 0.942. The normalized spacial score (nSPS) is 15.5. The molecule has 0 bridgehead atoms. The van der Waals surface area contributed by atoms with Crippen molar-refractivity contribution in [3.8, 4) is 0 Å². The average Bonchev–Trinajstić information content (AvgIpc) is 1.99. The lowest BCUT2D eigenvalue weighted by Gasteiger charge is -2.27. The van der Waals surface area contributed by atoms with Gasteiger partial charge in [0.05, 0.1) is 0 Å². The highest BCUT2D eigenvalue weighted by atomic mass is 16.2. The molecule has 1 aliphatic heterocycles. The zero-order valence-electron chi connectivity index (χ0n) is 8.33. The van der Waals surface area contributed by atoms with Gasteiger partial charge in [0.15, 0.2) is 0 Å². The Morgan fingerprint density at radius 1 is 1.46 bits per heavy atom. The van der Waals surface area contributed by atoms with E-state index in [4.69, 9.17) is 0 Å². The molecular weight excluding hydrogens is 166 g/mol. The summed E-state index contributed by atoms with van der Waals surface area (Å²) in [5.41, 5.74) is -0.527. The molecule has 13 heavy (non-hydrogen) atoms. The third kappa shape index (κ3) is 1.79. The summed E-state index contributed by atoms with van der Waals surface area (Å²) >= 11 is 0. The fourth-order valence-corrected chi connectivity index (χ4v) is 0.942. The van der Waals surface area contributed by atoms with Gasteiger partial charge in [0.2, 0.25) is 5.78 Å². The number of nitrogens with zero attached hydrogens (tertiary/aromatic N) is 1. The van der Waals surface area contributed by atoms with Gasteiger partial charge >= 0.3 is 0 Å². The second kappa shape index (κ2) is 3.32. The summed E-state index contributed by atoms with van der Waals surface area (Å²) in [5, 5.41) is 0. The number of hydrogen-bond acceptors (Lipinski definition) is 2. The van der Waals surface area contributed by atoms with Crippen LogP contribution >= 0.6 is 0 Å². The second-order valence-corrected chi connectivity index (χ2v) is 3.91. The Balaban J connectivity index is 2.67. The largest absolute Gasteiger partial charge is 0.309 e. The predicted molar refractivity (Wildman–Crippen MR) is 49.9 cm³/mol. The Hall–Kier alpha value is -1.12. The lowest BCUT2D eigenvalue weighted by Crippen LogP contribution is -2.42. The fraction of sp³-hybridized carbons (Fsp3) is 0.600. The van der Waals surface area contributed by atoms with Crippen LogP contribution in [-0.4, -0.2) is 23.1 Å². The molecule has 0 N–H and O–H groups in total. The Kier molecular flexibility index (Phi) is 2.55. The van der Waals surface area contributed by atoms with Gasteiger partial charge in [-0.25, -0.2) is 0 Å².